The van der Waals surface area contributed by atoms with Crippen molar-refractivity contribution in [3.63, 3.8) is 0 Å². The summed E-state index contributed by atoms with van der Waals surface area (Å²) in [6.45, 7) is 8.84. The molecule has 1 aliphatic carbocycles. The SMILES string of the molecule is CCCC1CCC(C(=O)Oc2ccc(-c3ccc(C(=O)O)cc3[C@H](C)CC(CC)CC)cc2)CC1. The summed E-state index contributed by atoms with van der Waals surface area (Å²) in [5, 5.41) is 9.55. The number of carbonyl (C=O) groups excluding carboxylic acids is 1. The third-order valence-electron chi connectivity index (χ3n) is 7.93. The molecular weight excluding hydrogens is 436 g/mol. The van der Waals surface area contributed by atoms with Crippen molar-refractivity contribution in [2.75, 3.05) is 0 Å². The Bertz CT molecular complexity index is 966. The topological polar surface area (TPSA) is 63.6 Å². The highest BCUT2D eigenvalue weighted by Gasteiger charge is 2.27. The number of ether oxygens (including phenoxy) is 1. The van der Waals surface area contributed by atoms with Crippen molar-refractivity contribution >= 4 is 11.9 Å². The quantitative estimate of drug-likeness (QED) is 0.260. The van der Waals surface area contributed by atoms with E-state index in [1.54, 1.807) is 6.07 Å². The fourth-order valence-corrected chi connectivity index (χ4v) is 5.61. The van der Waals surface area contributed by atoms with Gasteiger partial charge in [0.15, 0.2) is 0 Å². The van der Waals surface area contributed by atoms with Crippen LogP contribution in [0.3, 0.4) is 0 Å². The molecule has 4 heteroatoms. The van der Waals surface area contributed by atoms with E-state index in [4.69, 9.17) is 4.74 Å². The van der Waals surface area contributed by atoms with Gasteiger partial charge in [-0.2, -0.15) is 0 Å². The van der Waals surface area contributed by atoms with Crippen LogP contribution in [0.5, 0.6) is 5.75 Å². The molecule has 1 saturated carbocycles. The lowest BCUT2D eigenvalue weighted by atomic mass is 9.80. The summed E-state index contributed by atoms with van der Waals surface area (Å²) >= 11 is 0. The average molecular weight is 479 g/mol. The first-order chi connectivity index (χ1) is 16.9. The molecule has 0 unspecified atom stereocenters. The van der Waals surface area contributed by atoms with Gasteiger partial charge in [0.25, 0.3) is 0 Å². The van der Waals surface area contributed by atoms with E-state index >= 15 is 0 Å². The van der Waals surface area contributed by atoms with E-state index in [1.165, 1.54) is 12.8 Å². The largest absolute Gasteiger partial charge is 0.478 e. The van der Waals surface area contributed by atoms with Crippen LogP contribution in [0.25, 0.3) is 11.1 Å². The van der Waals surface area contributed by atoms with Crippen LogP contribution in [-0.2, 0) is 4.79 Å². The van der Waals surface area contributed by atoms with E-state index < -0.39 is 5.97 Å². The van der Waals surface area contributed by atoms with Crippen LogP contribution in [0.2, 0.25) is 0 Å². The maximum absolute atomic E-state index is 12.7. The normalized spacial score (nSPS) is 18.9. The predicted molar refractivity (Wildman–Crippen MR) is 142 cm³/mol. The molecule has 4 nitrogen and oxygen atoms in total. The zero-order valence-electron chi connectivity index (χ0n) is 21.9. The van der Waals surface area contributed by atoms with Crippen LogP contribution in [0.15, 0.2) is 42.5 Å². The molecule has 2 aromatic carbocycles. The van der Waals surface area contributed by atoms with Gasteiger partial charge in [-0.1, -0.05) is 71.6 Å². The van der Waals surface area contributed by atoms with Gasteiger partial charge in [-0.3, -0.25) is 4.79 Å². The minimum atomic E-state index is -0.904. The minimum Gasteiger partial charge on any atom is -0.478 e. The zero-order chi connectivity index (χ0) is 25.4. The van der Waals surface area contributed by atoms with Gasteiger partial charge in [0.2, 0.25) is 0 Å². The molecule has 0 heterocycles. The van der Waals surface area contributed by atoms with Crippen LogP contribution in [-0.4, -0.2) is 17.0 Å². The number of hydrogen-bond acceptors (Lipinski definition) is 3. The summed E-state index contributed by atoms with van der Waals surface area (Å²) in [5.41, 5.74) is 3.43. The molecule has 35 heavy (non-hydrogen) atoms. The Morgan fingerprint density at radius 3 is 2.20 bits per heavy atom. The number of esters is 1. The highest BCUT2D eigenvalue weighted by Crippen LogP contribution is 2.36. The van der Waals surface area contributed by atoms with Gasteiger partial charge in [-0.25, -0.2) is 4.79 Å². The Morgan fingerprint density at radius 2 is 1.63 bits per heavy atom. The maximum Gasteiger partial charge on any atom is 0.335 e. The van der Waals surface area contributed by atoms with Crippen molar-refractivity contribution in [2.45, 2.75) is 91.4 Å². The zero-order valence-corrected chi connectivity index (χ0v) is 21.9. The number of carbonyl (C=O) groups is 2. The maximum atomic E-state index is 12.7. The van der Waals surface area contributed by atoms with E-state index in [1.807, 2.05) is 36.4 Å². The molecule has 1 N–H and O–H groups in total. The molecule has 0 aromatic heterocycles. The lowest BCUT2D eigenvalue weighted by molar-refractivity contribution is -0.140. The Hall–Kier alpha value is -2.62. The molecule has 0 spiro atoms. The summed E-state index contributed by atoms with van der Waals surface area (Å²) in [6, 6.07) is 13.1. The van der Waals surface area contributed by atoms with Crippen molar-refractivity contribution in [2.24, 2.45) is 17.8 Å². The Balaban J connectivity index is 1.74. The van der Waals surface area contributed by atoms with Crippen molar-refractivity contribution < 1.29 is 19.4 Å². The number of benzene rings is 2. The molecule has 0 aliphatic heterocycles. The average Bonchev–Trinajstić information content (AvgIpc) is 2.87. The Morgan fingerprint density at radius 1 is 0.971 bits per heavy atom. The summed E-state index contributed by atoms with van der Waals surface area (Å²) in [7, 11) is 0. The molecule has 2 aromatic rings. The van der Waals surface area contributed by atoms with Gasteiger partial charge in [0.05, 0.1) is 11.5 Å². The van der Waals surface area contributed by atoms with E-state index in [0.717, 1.165) is 67.6 Å². The lowest BCUT2D eigenvalue weighted by Gasteiger charge is -2.26. The molecule has 3 rings (SSSR count). The Kier molecular flexibility index (Phi) is 9.94. The predicted octanol–water partition coefficient (Wildman–Crippen LogP) is 8.49. The fraction of sp³-hybridized carbons (Fsp3) is 0.548. The molecule has 0 amide bonds. The molecule has 0 radical (unpaired) electrons. The second-order valence-electron chi connectivity index (χ2n) is 10.4. The van der Waals surface area contributed by atoms with Gasteiger partial charge in [0, 0.05) is 0 Å². The Labute approximate surface area is 211 Å². The number of carboxylic acids is 1. The monoisotopic (exact) mass is 478 g/mol. The van der Waals surface area contributed by atoms with Crippen molar-refractivity contribution in [3.05, 3.63) is 53.6 Å². The van der Waals surface area contributed by atoms with Crippen LogP contribution < -0.4 is 4.74 Å². The first kappa shape index (κ1) is 27.0. The second-order valence-corrected chi connectivity index (χ2v) is 10.4. The van der Waals surface area contributed by atoms with Gasteiger partial charge < -0.3 is 9.84 Å². The van der Waals surface area contributed by atoms with Gasteiger partial charge in [-0.05, 0) is 90.8 Å². The number of aromatic carboxylic acids is 1. The summed E-state index contributed by atoms with van der Waals surface area (Å²) in [6.07, 6.45) is 9.83. The summed E-state index contributed by atoms with van der Waals surface area (Å²) in [5.74, 6) is 1.18. The van der Waals surface area contributed by atoms with Crippen LogP contribution in [0, 0.1) is 17.8 Å². The first-order valence-electron chi connectivity index (χ1n) is 13.5. The highest BCUT2D eigenvalue weighted by atomic mass is 16.5. The van der Waals surface area contributed by atoms with Gasteiger partial charge >= 0.3 is 11.9 Å². The molecule has 1 fully saturated rings. The minimum absolute atomic E-state index is 0.00359. The van der Waals surface area contributed by atoms with Crippen molar-refractivity contribution in [1.82, 2.24) is 0 Å². The smallest absolute Gasteiger partial charge is 0.335 e. The number of hydrogen-bond donors (Lipinski definition) is 1. The number of carboxylic acid groups (broad SMARTS) is 1. The van der Waals surface area contributed by atoms with Crippen molar-refractivity contribution in [3.8, 4) is 16.9 Å². The van der Waals surface area contributed by atoms with Crippen molar-refractivity contribution in [1.29, 1.82) is 0 Å². The van der Waals surface area contributed by atoms with E-state index in [-0.39, 0.29) is 17.8 Å². The summed E-state index contributed by atoms with van der Waals surface area (Å²) < 4.78 is 5.73. The standard InChI is InChI=1S/C31H42O4/c1-5-8-23-9-11-25(12-10-23)31(34)35-27-16-13-24(14-17-27)28-18-15-26(30(32)33)20-29(28)21(4)19-22(6-2)7-3/h13-18,20-23,25H,5-12,19H2,1-4H3,(H,32,33)/t21-,23?,25?/m1/s1. The molecule has 0 saturated heterocycles. The molecule has 0 bridgehead atoms. The molecule has 1 atom stereocenters. The van der Waals surface area contributed by atoms with Crippen LogP contribution >= 0.6 is 0 Å². The van der Waals surface area contributed by atoms with Gasteiger partial charge in [0.1, 0.15) is 5.75 Å². The van der Waals surface area contributed by atoms with Crippen LogP contribution in [0.1, 0.15) is 107 Å². The van der Waals surface area contributed by atoms with Gasteiger partial charge in [-0.15, -0.1) is 0 Å². The lowest BCUT2D eigenvalue weighted by Crippen LogP contribution is -2.25. The molecule has 1 aliphatic rings. The third-order valence-corrected chi connectivity index (χ3v) is 7.93. The second kappa shape index (κ2) is 12.9. The molecular formula is C31H42O4. The molecule has 190 valence electrons. The van der Waals surface area contributed by atoms with E-state index in [0.29, 0.717) is 17.2 Å². The van der Waals surface area contributed by atoms with E-state index in [9.17, 15) is 14.7 Å². The number of rotatable bonds is 11. The van der Waals surface area contributed by atoms with Crippen LogP contribution in [0.4, 0.5) is 0 Å². The summed E-state index contributed by atoms with van der Waals surface area (Å²) in [4.78, 5) is 24.4. The third kappa shape index (κ3) is 7.19. The first-order valence-corrected chi connectivity index (χ1v) is 13.5. The van der Waals surface area contributed by atoms with E-state index in [2.05, 4.69) is 27.7 Å². The highest BCUT2D eigenvalue weighted by molar-refractivity contribution is 5.89. The fourth-order valence-electron chi connectivity index (χ4n) is 5.61.